The summed E-state index contributed by atoms with van der Waals surface area (Å²) in [6, 6.07) is 14.8. The van der Waals surface area contributed by atoms with Crippen molar-refractivity contribution < 1.29 is 9.90 Å². The molecular formula is C23H24N2O2S. The Morgan fingerprint density at radius 2 is 1.79 bits per heavy atom. The Labute approximate surface area is 169 Å². The normalized spacial score (nSPS) is 14.5. The van der Waals surface area contributed by atoms with Crippen LogP contribution in [0.3, 0.4) is 0 Å². The minimum absolute atomic E-state index is 0.162. The largest absolute Gasteiger partial charge is 0.481 e. The number of carboxylic acid groups (broad SMARTS) is 1. The first-order valence-electron chi connectivity index (χ1n) is 9.66. The number of benzene rings is 2. The number of rotatable bonds is 5. The molecule has 0 saturated heterocycles. The zero-order valence-corrected chi connectivity index (χ0v) is 16.8. The van der Waals surface area contributed by atoms with Gasteiger partial charge in [0.25, 0.3) is 0 Å². The van der Waals surface area contributed by atoms with Gasteiger partial charge in [0, 0.05) is 36.0 Å². The molecule has 2 heterocycles. The Balaban J connectivity index is 1.52. The summed E-state index contributed by atoms with van der Waals surface area (Å²) in [4.78, 5) is 18.0. The molecule has 0 fully saturated rings. The summed E-state index contributed by atoms with van der Waals surface area (Å²) in [7, 11) is 2.19. The molecule has 2 aromatic carbocycles. The van der Waals surface area contributed by atoms with Crippen molar-refractivity contribution in [3.8, 4) is 21.8 Å². The Bertz CT molecular complexity index is 979. The molecule has 144 valence electrons. The average Bonchev–Trinajstić information content (AvgIpc) is 3.12. The maximum absolute atomic E-state index is 10.7. The van der Waals surface area contributed by atoms with Crippen LogP contribution in [-0.2, 0) is 24.1 Å². The number of carboxylic acids is 1. The maximum atomic E-state index is 10.7. The summed E-state index contributed by atoms with van der Waals surface area (Å²) in [5.41, 5.74) is 7.23. The highest BCUT2D eigenvalue weighted by Crippen LogP contribution is 2.31. The van der Waals surface area contributed by atoms with Crippen molar-refractivity contribution in [3.63, 3.8) is 0 Å². The monoisotopic (exact) mass is 392 g/mol. The molecule has 4 rings (SSSR count). The molecule has 0 aliphatic carbocycles. The third kappa shape index (κ3) is 4.32. The molecule has 4 nitrogen and oxygen atoms in total. The highest BCUT2D eigenvalue weighted by atomic mass is 32.1. The number of aliphatic carboxylic acids is 1. The first kappa shape index (κ1) is 18.8. The quantitative estimate of drug-likeness (QED) is 0.693. The van der Waals surface area contributed by atoms with Crippen molar-refractivity contribution >= 4 is 17.3 Å². The van der Waals surface area contributed by atoms with Crippen LogP contribution in [0, 0.1) is 0 Å². The number of aryl methyl sites for hydroxylation is 1. The zero-order valence-electron chi connectivity index (χ0n) is 16.0. The lowest BCUT2D eigenvalue weighted by atomic mass is 9.99. The van der Waals surface area contributed by atoms with Gasteiger partial charge in [0.15, 0.2) is 0 Å². The Morgan fingerprint density at radius 3 is 2.54 bits per heavy atom. The van der Waals surface area contributed by atoms with Crippen LogP contribution in [0.4, 0.5) is 0 Å². The summed E-state index contributed by atoms with van der Waals surface area (Å²) < 4.78 is 0. The van der Waals surface area contributed by atoms with Crippen molar-refractivity contribution in [2.45, 2.75) is 25.7 Å². The van der Waals surface area contributed by atoms with E-state index >= 15 is 0 Å². The summed E-state index contributed by atoms with van der Waals surface area (Å²) in [5, 5.41) is 11.9. The van der Waals surface area contributed by atoms with Crippen LogP contribution in [0.1, 0.15) is 23.1 Å². The smallest absolute Gasteiger partial charge is 0.303 e. The molecule has 0 radical (unpaired) electrons. The number of hydrogen-bond donors (Lipinski definition) is 1. The van der Waals surface area contributed by atoms with E-state index in [4.69, 9.17) is 10.1 Å². The van der Waals surface area contributed by atoms with Gasteiger partial charge in [0.2, 0.25) is 0 Å². The van der Waals surface area contributed by atoms with Gasteiger partial charge in [0.05, 0.1) is 5.69 Å². The van der Waals surface area contributed by atoms with E-state index in [1.807, 2.05) is 24.3 Å². The van der Waals surface area contributed by atoms with E-state index in [-0.39, 0.29) is 6.42 Å². The molecule has 0 unspecified atom stereocenters. The zero-order chi connectivity index (χ0) is 19.5. The summed E-state index contributed by atoms with van der Waals surface area (Å²) >= 11 is 1.65. The van der Waals surface area contributed by atoms with Crippen LogP contribution < -0.4 is 0 Å². The summed E-state index contributed by atoms with van der Waals surface area (Å²) in [6.07, 6.45) is 2.93. The molecule has 1 N–H and O–H groups in total. The van der Waals surface area contributed by atoms with Crippen LogP contribution in [-0.4, -0.2) is 41.1 Å². The molecule has 5 heteroatoms. The molecule has 0 spiro atoms. The second kappa shape index (κ2) is 8.25. The van der Waals surface area contributed by atoms with E-state index in [1.54, 1.807) is 11.3 Å². The third-order valence-corrected chi connectivity index (χ3v) is 6.25. The van der Waals surface area contributed by atoms with Crippen LogP contribution >= 0.6 is 11.3 Å². The van der Waals surface area contributed by atoms with Gasteiger partial charge in [0.1, 0.15) is 5.01 Å². The fraction of sp³-hybridized carbons (Fsp3) is 0.304. The lowest BCUT2D eigenvalue weighted by Crippen LogP contribution is -2.20. The Kier molecular flexibility index (Phi) is 5.55. The van der Waals surface area contributed by atoms with E-state index in [0.717, 1.165) is 47.8 Å². The molecule has 1 aromatic heterocycles. The lowest BCUT2D eigenvalue weighted by Gasteiger charge is -2.10. The van der Waals surface area contributed by atoms with Gasteiger partial charge >= 0.3 is 5.97 Å². The second-order valence-electron chi connectivity index (χ2n) is 7.42. The number of carbonyl (C=O) groups is 1. The lowest BCUT2D eigenvalue weighted by molar-refractivity contribution is -0.136. The highest BCUT2D eigenvalue weighted by Gasteiger charge is 2.13. The number of aromatic nitrogens is 1. The maximum Gasteiger partial charge on any atom is 0.303 e. The molecule has 1 aliphatic heterocycles. The van der Waals surface area contributed by atoms with Gasteiger partial charge in [-0.1, -0.05) is 36.4 Å². The molecule has 0 atom stereocenters. The van der Waals surface area contributed by atoms with Crippen LogP contribution in [0.25, 0.3) is 21.8 Å². The molecule has 0 saturated carbocycles. The fourth-order valence-corrected chi connectivity index (χ4v) is 4.44. The van der Waals surface area contributed by atoms with E-state index in [9.17, 15) is 4.79 Å². The minimum atomic E-state index is -0.763. The molecule has 1 aliphatic rings. The molecule has 0 bridgehead atoms. The predicted molar refractivity (Wildman–Crippen MR) is 114 cm³/mol. The van der Waals surface area contributed by atoms with E-state index in [2.05, 4.69) is 35.5 Å². The molecule has 28 heavy (non-hydrogen) atoms. The molecular weight excluding hydrogens is 368 g/mol. The van der Waals surface area contributed by atoms with Crippen LogP contribution in [0.15, 0.2) is 47.8 Å². The second-order valence-corrected chi connectivity index (χ2v) is 8.27. The fourth-order valence-electron chi connectivity index (χ4n) is 3.60. The van der Waals surface area contributed by atoms with E-state index < -0.39 is 5.97 Å². The third-order valence-electron chi connectivity index (χ3n) is 5.36. The van der Waals surface area contributed by atoms with Crippen molar-refractivity contribution in [2.75, 3.05) is 20.1 Å². The van der Waals surface area contributed by atoms with Gasteiger partial charge in [-0.15, -0.1) is 11.3 Å². The minimum Gasteiger partial charge on any atom is -0.481 e. The Hall–Kier alpha value is -2.50. The van der Waals surface area contributed by atoms with Crippen molar-refractivity contribution in [1.29, 1.82) is 0 Å². The van der Waals surface area contributed by atoms with E-state index in [0.29, 0.717) is 6.42 Å². The number of hydrogen-bond acceptors (Lipinski definition) is 4. The van der Waals surface area contributed by atoms with Gasteiger partial charge in [-0.05, 0) is 49.1 Å². The number of likely N-dealkylation sites (N-methyl/N-ethyl adjacent to an activating group) is 1. The van der Waals surface area contributed by atoms with Gasteiger partial charge < -0.3 is 10.0 Å². The van der Waals surface area contributed by atoms with Gasteiger partial charge in [-0.25, -0.2) is 4.98 Å². The Morgan fingerprint density at radius 1 is 1.07 bits per heavy atom. The summed E-state index contributed by atoms with van der Waals surface area (Å²) in [5.74, 6) is -0.763. The summed E-state index contributed by atoms with van der Waals surface area (Å²) in [6.45, 7) is 2.22. The number of fused-ring (bicyclic) bond motifs is 1. The van der Waals surface area contributed by atoms with Crippen molar-refractivity contribution in [2.24, 2.45) is 0 Å². The number of nitrogens with zero attached hydrogens (tertiary/aromatic N) is 2. The highest BCUT2D eigenvalue weighted by molar-refractivity contribution is 7.13. The van der Waals surface area contributed by atoms with E-state index in [1.165, 1.54) is 16.7 Å². The van der Waals surface area contributed by atoms with Gasteiger partial charge in [-0.2, -0.15) is 0 Å². The first-order valence-corrected chi connectivity index (χ1v) is 10.5. The van der Waals surface area contributed by atoms with Crippen LogP contribution in [0.5, 0.6) is 0 Å². The topological polar surface area (TPSA) is 53.4 Å². The average molecular weight is 393 g/mol. The van der Waals surface area contributed by atoms with Crippen LogP contribution in [0.2, 0.25) is 0 Å². The number of thiazole rings is 1. The van der Waals surface area contributed by atoms with Gasteiger partial charge in [-0.3, -0.25) is 4.79 Å². The molecule has 0 amide bonds. The predicted octanol–water partition coefficient (Wildman–Crippen LogP) is 4.52. The first-order chi connectivity index (χ1) is 13.6. The van der Waals surface area contributed by atoms with Crippen molar-refractivity contribution in [3.05, 3.63) is 64.5 Å². The standard InChI is InChI=1S/C23H24N2O2S/c1-25-12-10-17-7-8-20(14-19(17)11-13-25)21-15-28-23(24-21)18-5-2-16(3-6-18)4-9-22(26)27/h2-3,5-8,14-15H,4,9-13H2,1H3,(H,26,27). The SMILES string of the molecule is CN1CCc2ccc(-c3csc(-c4ccc(CCC(=O)O)cc4)n3)cc2CC1. The van der Waals surface area contributed by atoms with Crippen molar-refractivity contribution in [1.82, 2.24) is 9.88 Å². The molecule has 3 aromatic rings.